The third-order valence-corrected chi connectivity index (χ3v) is 4.93. The number of pyridine rings is 1. The van der Waals surface area contributed by atoms with Crippen molar-refractivity contribution in [2.24, 2.45) is 0 Å². The summed E-state index contributed by atoms with van der Waals surface area (Å²) in [5.74, 6) is -0.295. The first-order valence-electron chi connectivity index (χ1n) is 7.35. The third kappa shape index (κ3) is 4.18. The number of aromatic nitrogens is 3. The van der Waals surface area contributed by atoms with Crippen LogP contribution in [-0.2, 0) is 11.0 Å². The Kier molecular flexibility index (Phi) is 5.24. The van der Waals surface area contributed by atoms with E-state index in [1.165, 1.54) is 10.5 Å². The van der Waals surface area contributed by atoms with Crippen LogP contribution in [0.2, 0.25) is 0 Å². The first-order chi connectivity index (χ1) is 12.2. The van der Waals surface area contributed by atoms with Crippen molar-refractivity contribution >= 4 is 44.9 Å². The quantitative estimate of drug-likeness (QED) is 0.599. The molecule has 0 saturated heterocycles. The predicted molar refractivity (Wildman–Crippen MR) is 96.2 cm³/mol. The molecule has 5 nitrogen and oxygen atoms in total. The first-order valence-corrected chi connectivity index (χ1v) is 9.13. The summed E-state index contributed by atoms with van der Waals surface area (Å²) in [5, 5.41) is 10.6. The number of anilines is 1. The fourth-order valence-electron chi connectivity index (χ4n) is 2.22. The third-order valence-electron chi connectivity index (χ3n) is 3.49. The second-order valence-electron chi connectivity index (χ2n) is 5.42. The van der Waals surface area contributed by atoms with Crippen LogP contribution in [0.4, 0.5) is 18.9 Å². The maximum Gasteiger partial charge on any atom is 0.417 e. The molecule has 2 heterocycles. The fourth-order valence-corrected chi connectivity index (χ4v) is 3.41. The predicted octanol–water partition coefficient (Wildman–Crippen LogP) is 4.55. The number of thioether (sulfide) groups is 1. The van der Waals surface area contributed by atoms with Crippen molar-refractivity contribution in [3.05, 3.63) is 52.1 Å². The highest BCUT2D eigenvalue weighted by atomic mass is 79.9. The highest BCUT2D eigenvalue weighted by Gasteiger charge is 2.31. The van der Waals surface area contributed by atoms with Gasteiger partial charge in [-0.1, -0.05) is 27.7 Å². The monoisotopic (exact) mass is 444 g/mol. The minimum Gasteiger partial charge on any atom is -0.325 e. The van der Waals surface area contributed by atoms with Gasteiger partial charge >= 0.3 is 6.18 Å². The summed E-state index contributed by atoms with van der Waals surface area (Å²) in [5.41, 5.74) is 1.04. The van der Waals surface area contributed by atoms with Crippen molar-refractivity contribution in [1.82, 2.24) is 14.6 Å². The SMILES string of the molecule is Cc1cc(Br)ccc1NC(=O)CSc1nnc2ccc(C(F)(F)F)cn12. The average Bonchev–Trinajstić information content (AvgIpc) is 2.97. The van der Waals surface area contributed by atoms with Crippen molar-refractivity contribution in [2.75, 3.05) is 11.1 Å². The van der Waals surface area contributed by atoms with Crippen molar-refractivity contribution < 1.29 is 18.0 Å². The molecule has 0 aliphatic carbocycles. The number of alkyl halides is 3. The molecule has 0 saturated carbocycles. The van der Waals surface area contributed by atoms with E-state index in [0.29, 0.717) is 5.69 Å². The second-order valence-corrected chi connectivity index (χ2v) is 7.28. The highest BCUT2D eigenvalue weighted by molar-refractivity contribution is 9.10. The Morgan fingerprint density at radius 1 is 1.27 bits per heavy atom. The molecule has 0 spiro atoms. The lowest BCUT2D eigenvalue weighted by Gasteiger charge is -2.09. The summed E-state index contributed by atoms with van der Waals surface area (Å²) in [6.45, 7) is 1.86. The zero-order valence-electron chi connectivity index (χ0n) is 13.3. The molecule has 1 aromatic carbocycles. The maximum absolute atomic E-state index is 12.8. The molecule has 0 unspecified atom stereocenters. The zero-order chi connectivity index (χ0) is 18.9. The van der Waals surface area contributed by atoms with E-state index in [4.69, 9.17) is 0 Å². The van der Waals surface area contributed by atoms with Gasteiger partial charge in [-0.05, 0) is 42.8 Å². The number of hydrogen-bond donors (Lipinski definition) is 1. The summed E-state index contributed by atoms with van der Waals surface area (Å²) in [6.07, 6.45) is -3.54. The van der Waals surface area contributed by atoms with Gasteiger partial charge in [0.25, 0.3) is 0 Å². The summed E-state index contributed by atoms with van der Waals surface area (Å²) in [4.78, 5) is 12.1. The number of nitrogens with one attached hydrogen (secondary N) is 1. The minimum absolute atomic E-state index is 0.00740. The molecule has 3 rings (SSSR count). The van der Waals surface area contributed by atoms with Gasteiger partial charge in [0.1, 0.15) is 0 Å². The second kappa shape index (κ2) is 7.28. The molecule has 26 heavy (non-hydrogen) atoms. The van der Waals surface area contributed by atoms with Crippen LogP contribution in [0.5, 0.6) is 0 Å². The van der Waals surface area contributed by atoms with Crippen LogP contribution >= 0.6 is 27.7 Å². The molecule has 1 amide bonds. The van der Waals surface area contributed by atoms with Gasteiger partial charge in [0.05, 0.1) is 11.3 Å². The van der Waals surface area contributed by atoms with Crippen LogP contribution in [-0.4, -0.2) is 26.3 Å². The number of nitrogens with zero attached hydrogens (tertiary/aromatic N) is 3. The van der Waals surface area contributed by atoms with Crippen LogP contribution < -0.4 is 5.32 Å². The number of aryl methyl sites for hydroxylation is 1. The van der Waals surface area contributed by atoms with Crippen LogP contribution in [0.15, 0.2) is 46.2 Å². The molecular formula is C16H12BrF3N4OS. The van der Waals surface area contributed by atoms with Gasteiger partial charge in [0.15, 0.2) is 10.8 Å². The molecule has 136 valence electrons. The van der Waals surface area contributed by atoms with Crippen LogP contribution in [0.25, 0.3) is 5.65 Å². The zero-order valence-corrected chi connectivity index (χ0v) is 15.7. The Bertz CT molecular complexity index is 974. The maximum atomic E-state index is 12.8. The molecule has 0 aliphatic rings. The normalized spacial score (nSPS) is 11.7. The minimum atomic E-state index is -4.46. The summed E-state index contributed by atoms with van der Waals surface area (Å²) in [6, 6.07) is 7.63. The lowest BCUT2D eigenvalue weighted by Crippen LogP contribution is -2.15. The number of halogens is 4. The number of hydrogen-bond acceptors (Lipinski definition) is 4. The van der Waals surface area contributed by atoms with E-state index in [1.807, 2.05) is 13.0 Å². The summed E-state index contributed by atoms with van der Waals surface area (Å²) < 4.78 is 40.7. The number of amides is 1. The molecule has 0 fully saturated rings. The van der Waals surface area contributed by atoms with E-state index in [1.54, 1.807) is 12.1 Å². The largest absolute Gasteiger partial charge is 0.417 e. The molecule has 3 aromatic rings. The van der Waals surface area contributed by atoms with E-state index in [2.05, 4.69) is 31.4 Å². The van der Waals surface area contributed by atoms with Crippen molar-refractivity contribution in [2.45, 2.75) is 18.3 Å². The number of rotatable bonds is 4. The fraction of sp³-hybridized carbons (Fsp3) is 0.188. The van der Waals surface area contributed by atoms with E-state index >= 15 is 0 Å². The standard InChI is InChI=1S/C16H12BrF3N4OS/c1-9-6-11(17)3-4-12(9)21-14(25)8-26-15-23-22-13-5-2-10(7-24(13)15)16(18,19)20/h2-7H,8H2,1H3,(H,21,25). The Hall–Kier alpha value is -2.07. The Balaban J connectivity index is 1.72. The Morgan fingerprint density at radius 3 is 2.73 bits per heavy atom. The highest BCUT2D eigenvalue weighted by Crippen LogP contribution is 2.30. The lowest BCUT2D eigenvalue weighted by atomic mass is 10.2. The summed E-state index contributed by atoms with van der Waals surface area (Å²) >= 11 is 4.36. The van der Waals surface area contributed by atoms with Gasteiger partial charge in [-0.3, -0.25) is 9.20 Å². The van der Waals surface area contributed by atoms with Gasteiger partial charge < -0.3 is 5.32 Å². The summed E-state index contributed by atoms with van der Waals surface area (Å²) in [7, 11) is 0. The van der Waals surface area contributed by atoms with Gasteiger partial charge in [0.2, 0.25) is 5.91 Å². The van der Waals surface area contributed by atoms with Crippen LogP contribution in [0, 0.1) is 6.92 Å². The van der Waals surface area contributed by atoms with E-state index in [0.717, 1.165) is 34.1 Å². The number of carbonyl (C=O) groups excluding carboxylic acids is 1. The topological polar surface area (TPSA) is 59.3 Å². The molecule has 0 atom stereocenters. The van der Waals surface area contributed by atoms with Gasteiger partial charge in [-0.25, -0.2) is 0 Å². The molecule has 0 bridgehead atoms. The first kappa shape index (κ1) is 18.7. The number of benzene rings is 1. The van der Waals surface area contributed by atoms with Crippen LogP contribution in [0.3, 0.4) is 0 Å². The van der Waals surface area contributed by atoms with E-state index in [-0.39, 0.29) is 22.5 Å². The van der Waals surface area contributed by atoms with Gasteiger partial charge in [-0.2, -0.15) is 13.2 Å². The molecule has 0 radical (unpaired) electrons. The van der Waals surface area contributed by atoms with Gasteiger partial charge in [-0.15, -0.1) is 10.2 Å². The van der Waals surface area contributed by atoms with Crippen molar-refractivity contribution in [3.63, 3.8) is 0 Å². The van der Waals surface area contributed by atoms with E-state index < -0.39 is 11.7 Å². The van der Waals surface area contributed by atoms with Crippen molar-refractivity contribution in [3.8, 4) is 0 Å². The Morgan fingerprint density at radius 2 is 2.04 bits per heavy atom. The molecular weight excluding hydrogens is 433 g/mol. The van der Waals surface area contributed by atoms with E-state index in [9.17, 15) is 18.0 Å². The lowest BCUT2D eigenvalue weighted by molar-refractivity contribution is -0.137. The Labute approximate surface area is 159 Å². The smallest absolute Gasteiger partial charge is 0.325 e. The molecule has 1 N–H and O–H groups in total. The van der Waals surface area contributed by atoms with Crippen molar-refractivity contribution in [1.29, 1.82) is 0 Å². The van der Waals surface area contributed by atoms with Gasteiger partial charge in [0, 0.05) is 16.4 Å². The van der Waals surface area contributed by atoms with Crippen LogP contribution in [0.1, 0.15) is 11.1 Å². The molecule has 2 aromatic heterocycles. The molecule has 0 aliphatic heterocycles. The average molecular weight is 445 g/mol. The number of carbonyl (C=O) groups is 1. The molecule has 10 heteroatoms. The number of fused-ring (bicyclic) bond motifs is 1.